The van der Waals surface area contributed by atoms with Crippen LogP contribution in [0.15, 0.2) is 18.2 Å². The average Bonchev–Trinajstić information content (AvgIpc) is 2.43. The van der Waals surface area contributed by atoms with Gasteiger partial charge in [-0.1, -0.05) is 38.3 Å². The summed E-state index contributed by atoms with van der Waals surface area (Å²) in [5.74, 6) is 0.200. The smallest absolute Gasteiger partial charge is 0.227 e. The van der Waals surface area contributed by atoms with E-state index in [-0.39, 0.29) is 11.3 Å². The summed E-state index contributed by atoms with van der Waals surface area (Å²) in [6.07, 6.45) is 6.12. The molecule has 1 aliphatic heterocycles. The molecule has 0 bridgehead atoms. The van der Waals surface area contributed by atoms with Gasteiger partial charge in [-0.15, -0.1) is 11.6 Å². The highest BCUT2D eigenvalue weighted by Gasteiger charge is 2.21. The zero-order valence-electron chi connectivity index (χ0n) is 11.8. The standard InChI is InChI=1S/C16H22ClNO/c1-3-4-5-6-14(17)12-7-9-15-13(11-12)8-10-16(19)18(15)2/h7,9,11,14H,3-6,8,10H2,1-2H3. The van der Waals surface area contributed by atoms with Crippen LogP contribution in [0.3, 0.4) is 0 Å². The van der Waals surface area contributed by atoms with Crippen molar-refractivity contribution in [2.24, 2.45) is 0 Å². The van der Waals surface area contributed by atoms with Crippen LogP contribution >= 0.6 is 11.6 Å². The monoisotopic (exact) mass is 279 g/mol. The molecule has 19 heavy (non-hydrogen) atoms. The summed E-state index contributed by atoms with van der Waals surface area (Å²) in [5, 5.41) is 0.0970. The van der Waals surface area contributed by atoms with Crippen molar-refractivity contribution in [2.45, 2.75) is 50.8 Å². The number of nitrogens with zero attached hydrogens (tertiary/aromatic N) is 1. The topological polar surface area (TPSA) is 20.3 Å². The van der Waals surface area contributed by atoms with E-state index in [9.17, 15) is 4.79 Å². The number of aryl methyl sites for hydroxylation is 1. The summed E-state index contributed by atoms with van der Waals surface area (Å²) >= 11 is 6.47. The number of alkyl halides is 1. The van der Waals surface area contributed by atoms with Gasteiger partial charge in [0, 0.05) is 19.2 Å². The molecule has 2 rings (SSSR count). The number of carbonyl (C=O) groups is 1. The van der Waals surface area contributed by atoms with Crippen LogP contribution in [-0.2, 0) is 11.2 Å². The van der Waals surface area contributed by atoms with E-state index in [1.54, 1.807) is 4.90 Å². The van der Waals surface area contributed by atoms with E-state index in [1.165, 1.54) is 30.4 Å². The Hall–Kier alpha value is -1.02. The van der Waals surface area contributed by atoms with Gasteiger partial charge in [-0.3, -0.25) is 4.79 Å². The number of hydrogen-bond acceptors (Lipinski definition) is 1. The van der Waals surface area contributed by atoms with Gasteiger partial charge < -0.3 is 4.90 Å². The Morgan fingerprint density at radius 3 is 2.84 bits per heavy atom. The molecule has 0 saturated carbocycles. The Labute approximate surface area is 120 Å². The molecule has 0 saturated heterocycles. The Bertz CT molecular complexity index is 458. The molecule has 1 aromatic rings. The van der Waals surface area contributed by atoms with Crippen LogP contribution in [0.2, 0.25) is 0 Å². The van der Waals surface area contributed by atoms with Gasteiger partial charge in [0.15, 0.2) is 0 Å². The Kier molecular flexibility index (Phi) is 4.87. The molecule has 1 atom stereocenters. The van der Waals surface area contributed by atoms with Crippen molar-refractivity contribution in [2.75, 3.05) is 11.9 Å². The minimum absolute atomic E-state index is 0.0970. The minimum Gasteiger partial charge on any atom is -0.315 e. The molecule has 3 heteroatoms. The van der Waals surface area contributed by atoms with E-state index in [2.05, 4.69) is 19.1 Å². The predicted octanol–water partition coefficient (Wildman–Crippen LogP) is 4.46. The molecule has 1 aliphatic rings. The lowest BCUT2D eigenvalue weighted by atomic mass is 9.96. The molecule has 1 amide bonds. The SMILES string of the molecule is CCCCCC(Cl)c1ccc2c(c1)CCC(=O)N2C. The number of fused-ring (bicyclic) bond motifs is 1. The van der Waals surface area contributed by atoms with E-state index in [4.69, 9.17) is 11.6 Å². The summed E-state index contributed by atoms with van der Waals surface area (Å²) in [4.78, 5) is 13.4. The minimum atomic E-state index is 0.0970. The van der Waals surface area contributed by atoms with Crippen molar-refractivity contribution in [3.63, 3.8) is 0 Å². The predicted molar refractivity (Wildman–Crippen MR) is 80.9 cm³/mol. The average molecular weight is 280 g/mol. The van der Waals surface area contributed by atoms with E-state index in [1.807, 2.05) is 13.1 Å². The molecule has 0 N–H and O–H groups in total. The number of carbonyl (C=O) groups excluding carboxylic acids is 1. The number of hydrogen-bond donors (Lipinski definition) is 0. The van der Waals surface area contributed by atoms with Crippen molar-refractivity contribution in [1.29, 1.82) is 0 Å². The van der Waals surface area contributed by atoms with Crippen LogP contribution in [0, 0.1) is 0 Å². The first-order chi connectivity index (χ1) is 9.13. The molecule has 0 radical (unpaired) electrons. The third-order valence-corrected chi connectivity index (χ3v) is 4.34. The van der Waals surface area contributed by atoms with Gasteiger partial charge >= 0.3 is 0 Å². The van der Waals surface area contributed by atoms with E-state index in [0.29, 0.717) is 6.42 Å². The molecule has 0 aliphatic carbocycles. The van der Waals surface area contributed by atoms with Gasteiger partial charge in [0.2, 0.25) is 5.91 Å². The van der Waals surface area contributed by atoms with Crippen molar-refractivity contribution in [3.05, 3.63) is 29.3 Å². The number of benzene rings is 1. The lowest BCUT2D eigenvalue weighted by Crippen LogP contribution is -2.31. The summed E-state index contributed by atoms with van der Waals surface area (Å²) in [7, 11) is 1.85. The first-order valence-corrected chi connectivity index (χ1v) is 7.60. The second-order valence-corrected chi connectivity index (χ2v) is 5.83. The fourth-order valence-corrected chi connectivity index (χ4v) is 2.90. The maximum absolute atomic E-state index is 11.6. The molecule has 2 nitrogen and oxygen atoms in total. The van der Waals surface area contributed by atoms with Crippen LogP contribution in [0.5, 0.6) is 0 Å². The number of amides is 1. The molecule has 0 fully saturated rings. The maximum Gasteiger partial charge on any atom is 0.227 e. The molecule has 0 aromatic heterocycles. The normalized spacial score (nSPS) is 16.4. The molecule has 104 valence electrons. The van der Waals surface area contributed by atoms with Gasteiger partial charge in [0.05, 0.1) is 5.38 Å². The van der Waals surface area contributed by atoms with E-state index in [0.717, 1.165) is 18.5 Å². The molecule has 1 heterocycles. The van der Waals surface area contributed by atoms with Gasteiger partial charge in [-0.05, 0) is 30.0 Å². The Morgan fingerprint density at radius 2 is 2.11 bits per heavy atom. The van der Waals surface area contributed by atoms with Crippen molar-refractivity contribution >= 4 is 23.2 Å². The van der Waals surface area contributed by atoms with Gasteiger partial charge in [0.25, 0.3) is 0 Å². The highest BCUT2D eigenvalue weighted by molar-refractivity contribution is 6.20. The first kappa shape index (κ1) is 14.4. The first-order valence-electron chi connectivity index (χ1n) is 7.17. The lowest BCUT2D eigenvalue weighted by Gasteiger charge is -2.26. The molecule has 0 spiro atoms. The van der Waals surface area contributed by atoms with Gasteiger partial charge in [-0.25, -0.2) is 0 Å². The summed E-state index contributed by atoms with van der Waals surface area (Å²) < 4.78 is 0. The third kappa shape index (κ3) is 3.30. The van der Waals surface area contributed by atoms with Crippen molar-refractivity contribution < 1.29 is 4.79 Å². The highest BCUT2D eigenvalue weighted by atomic mass is 35.5. The lowest BCUT2D eigenvalue weighted by molar-refractivity contribution is -0.118. The largest absolute Gasteiger partial charge is 0.315 e. The van der Waals surface area contributed by atoms with Crippen LogP contribution in [-0.4, -0.2) is 13.0 Å². The van der Waals surface area contributed by atoms with Crippen LogP contribution in [0.25, 0.3) is 0 Å². The molecular weight excluding hydrogens is 258 g/mol. The van der Waals surface area contributed by atoms with Crippen LogP contribution in [0.1, 0.15) is 55.5 Å². The zero-order chi connectivity index (χ0) is 13.8. The second-order valence-electron chi connectivity index (χ2n) is 5.30. The van der Waals surface area contributed by atoms with Gasteiger partial charge in [0.1, 0.15) is 0 Å². The number of rotatable bonds is 5. The highest BCUT2D eigenvalue weighted by Crippen LogP contribution is 2.33. The third-order valence-electron chi connectivity index (χ3n) is 3.87. The number of halogens is 1. The van der Waals surface area contributed by atoms with E-state index < -0.39 is 0 Å². The van der Waals surface area contributed by atoms with Crippen LogP contribution < -0.4 is 4.90 Å². The fraction of sp³-hybridized carbons (Fsp3) is 0.562. The quantitative estimate of drug-likeness (QED) is 0.576. The Morgan fingerprint density at radius 1 is 1.32 bits per heavy atom. The van der Waals surface area contributed by atoms with Gasteiger partial charge in [-0.2, -0.15) is 0 Å². The molecular formula is C16H22ClNO. The number of anilines is 1. The van der Waals surface area contributed by atoms with Crippen molar-refractivity contribution in [1.82, 2.24) is 0 Å². The summed E-state index contributed by atoms with van der Waals surface area (Å²) in [5.41, 5.74) is 3.48. The maximum atomic E-state index is 11.6. The zero-order valence-corrected chi connectivity index (χ0v) is 12.5. The molecule has 1 unspecified atom stereocenters. The molecule has 1 aromatic carbocycles. The fourth-order valence-electron chi connectivity index (χ4n) is 2.61. The summed E-state index contributed by atoms with van der Waals surface area (Å²) in [6.45, 7) is 2.20. The van der Waals surface area contributed by atoms with Crippen LogP contribution in [0.4, 0.5) is 5.69 Å². The summed E-state index contributed by atoms with van der Waals surface area (Å²) in [6, 6.07) is 6.29. The second kappa shape index (κ2) is 6.42. The Balaban J connectivity index is 2.10. The van der Waals surface area contributed by atoms with Crippen molar-refractivity contribution in [3.8, 4) is 0 Å². The number of unbranched alkanes of at least 4 members (excludes halogenated alkanes) is 2. The van der Waals surface area contributed by atoms with E-state index >= 15 is 0 Å².